The summed E-state index contributed by atoms with van der Waals surface area (Å²) in [5.74, 6) is 0. The first-order chi connectivity index (χ1) is 6.52. The fraction of sp³-hybridized carbons (Fsp3) is 0.333. The lowest BCUT2D eigenvalue weighted by atomic mass is 9.99. The molecule has 0 spiro atoms. The van der Waals surface area contributed by atoms with Crippen LogP contribution in [-0.4, -0.2) is 5.11 Å². The smallest absolute Gasteiger partial charge is 0.0829 e. The number of hydrogen-bond donors (Lipinski definition) is 1. The monoisotopic (exact) mass is 254 g/mol. The van der Waals surface area contributed by atoms with Gasteiger partial charge in [0.2, 0.25) is 0 Å². The van der Waals surface area contributed by atoms with E-state index >= 15 is 0 Å². The van der Waals surface area contributed by atoms with Gasteiger partial charge >= 0.3 is 0 Å². The van der Waals surface area contributed by atoms with Crippen LogP contribution in [0.25, 0.3) is 0 Å². The molecule has 1 rings (SSSR count). The second-order valence-electron chi connectivity index (χ2n) is 3.63. The first kappa shape index (κ1) is 11.5. The molecule has 0 aliphatic rings. The van der Waals surface area contributed by atoms with Crippen LogP contribution in [0.2, 0.25) is 0 Å². The molecule has 0 saturated carbocycles. The summed E-state index contributed by atoms with van der Waals surface area (Å²) in [4.78, 5) is 0. The second kappa shape index (κ2) is 4.76. The summed E-state index contributed by atoms with van der Waals surface area (Å²) in [7, 11) is 0. The summed E-state index contributed by atoms with van der Waals surface area (Å²) in [5.41, 5.74) is 3.07. The Hall–Kier alpha value is -0.600. The van der Waals surface area contributed by atoms with E-state index in [9.17, 15) is 5.11 Å². The zero-order valence-corrected chi connectivity index (χ0v) is 10.1. The van der Waals surface area contributed by atoms with Gasteiger partial charge in [-0.2, -0.15) is 0 Å². The normalized spacial score (nSPS) is 12.6. The summed E-state index contributed by atoms with van der Waals surface area (Å²) < 4.78 is 1.04. The predicted octanol–water partition coefficient (Wildman–Crippen LogP) is 3.76. The van der Waals surface area contributed by atoms with Gasteiger partial charge in [-0.15, -0.1) is 6.58 Å². The van der Waals surface area contributed by atoms with E-state index in [1.807, 2.05) is 32.0 Å². The van der Waals surface area contributed by atoms with E-state index in [2.05, 4.69) is 22.5 Å². The maximum atomic E-state index is 9.91. The first-order valence-corrected chi connectivity index (χ1v) is 5.39. The second-order valence-corrected chi connectivity index (χ2v) is 4.49. The van der Waals surface area contributed by atoms with Gasteiger partial charge in [0.15, 0.2) is 0 Å². The topological polar surface area (TPSA) is 20.2 Å². The molecule has 1 atom stereocenters. The van der Waals surface area contributed by atoms with Gasteiger partial charge in [-0.3, -0.25) is 0 Å². The maximum absolute atomic E-state index is 9.91. The molecule has 1 nitrogen and oxygen atoms in total. The van der Waals surface area contributed by atoms with Crippen LogP contribution in [0, 0.1) is 6.92 Å². The zero-order valence-electron chi connectivity index (χ0n) is 8.55. The Bertz CT molecular complexity index is 344. The maximum Gasteiger partial charge on any atom is 0.0829 e. The highest BCUT2D eigenvalue weighted by Crippen LogP contribution is 2.27. The van der Waals surface area contributed by atoms with Crippen molar-refractivity contribution in [3.8, 4) is 0 Å². The van der Waals surface area contributed by atoms with Crippen molar-refractivity contribution >= 4 is 15.9 Å². The quantitative estimate of drug-likeness (QED) is 0.815. The zero-order chi connectivity index (χ0) is 10.7. The molecular formula is C12H15BrO. The van der Waals surface area contributed by atoms with E-state index < -0.39 is 6.10 Å². The molecule has 0 aromatic heterocycles. The molecule has 2 heteroatoms. The van der Waals surface area contributed by atoms with Gasteiger partial charge in [-0.25, -0.2) is 0 Å². The van der Waals surface area contributed by atoms with Gasteiger partial charge in [0, 0.05) is 4.47 Å². The Kier molecular flexibility index (Phi) is 3.90. The lowest BCUT2D eigenvalue weighted by molar-refractivity contribution is 0.177. The average molecular weight is 255 g/mol. The van der Waals surface area contributed by atoms with Crippen molar-refractivity contribution in [2.24, 2.45) is 0 Å². The number of aliphatic hydroxyl groups excluding tert-OH is 1. The highest BCUT2D eigenvalue weighted by Gasteiger charge is 2.11. The third kappa shape index (κ3) is 2.69. The molecule has 0 amide bonds. The van der Waals surface area contributed by atoms with Crippen LogP contribution in [0.5, 0.6) is 0 Å². The minimum absolute atomic E-state index is 0.440. The predicted molar refractivity (Wildman–Crippen MR) is 63.3 cm³/mol. The fourth-order valence-corrected chi connectivity index (χ4v) is 1.81. The van der Waals surface area contributed by atoms with Crippen molar-refractivity contribution in [1.82, 2.24) is 0 Å². The molecule has 0 heterocycles. The van der Waals surface area contributed by atoms with Gasteiger partial charge in [-0.1, -0.05) is 33.6 Å². The first-order valence-electron chi connectivity index (χ1n) is 4.60. The van der Waals surface area contributed by atoms with Crippen LogP contribution in [0.1, 0.15) is 30.6 Å². The number of halogens is 1. The van der Waals surface area contributed by atoms with Crippen LogP contribution in [-0.2, 0) is 0 Å². The number of hydrogen-bond acceptors (Lipinski definition) is 1. The highest BCUT2D eigenvalue weighted by molar-refractivity contribution is 9.10. The van der Waals surface area contributed by atoms with Crippen molar-refractivity contribution in [1.29, 1.82) is 0 Å². The summed E-state index contributed by atoms with van der Waals surface area (Å²) in [6.45, 7) is 7.73. The van der Waals surface area contributed by atoms with Crippen LogP contribution in [0.4, 0.5) is 0 Å². The molecule has 14 heavy (non-hydrogen) atoms. The molecule has 0 fully saturated rings. The summed E-state index contributed by atoms with van der Waals surface area (Å²) in [5, 5.41) is 9.91. The van der Waals surface area contributed by atoms with E-state index in [4.69, 9.17) is 0 Å². The van der Waals surface area contributed by atoms with Crippen LogP contribution in [0.15, 0.2) is 34.8 Å². The van der Waals surface area contributed by atoms with Crippen molar-refractivity contribution in [2.45, 2.75) is 26.4 Å². The lowest BCUT2D eigenvalue weighted by Gasteiger charge is -2.14. The Morgan fingerprint density at radius 1 is 1.57 bits per heavy atom. The molecule has 0 bridgehead atoms. The summed E-state index contributed by atoms with van der Waals surface area (Å²) in [6.07, 6.45) is 0.182. The molecule has 76 valence electrons. The Balaban J connectivity index is 2.95. The van der Waals surface area contributed by atoms with E-state index in [1.54, 1.807) is 0 Å². The number of benzene rings is 1. The van der Waals surface area contributed by atoms with Gasteiger partial charge < -0.3 is 5.11 Å². The summed E-state index contributed by atoms with van der Waals surface area (Å²) in [6, 6.07) is 5.87. The van der Waals surface area contributed by atoms with Crippen LogP contribution in [0.3, 0.4) is 0 Å². The molecular weight excluding hydrogens is 240 g/mol. The molecule has 1 aromatic rings. The minimum atomic E-state index is -0.440. The van der Waals surface area contributed by atoms with E-state index in [-0.39, 0.29) is 0 Å². The van der Waals surface area contributed by atoms with E-state index in [0.717, 1.165) is 21.2 Å². The fourth-order valence-electron chi connectivity index (χ4n) is 1.43. The van der Waals surface area contributed by atoms with Gasteiger partial charge in [-0.05, 0) is 37.5 Å². The van der Waals surface area contributed by atoms with Gasteiger partial charge in [0.25, 0.3) is 0 Å². The molecule has 0 aliphatic carbocycles. The van der Waals surface area contributed by atoms with Crippen LogP contribution >= 0.6 is 15.9 Å². The van der Waals surface area contributed by atoms with Crippen molar-refractivity contribution in [3.05, 3.63) is 46.0 Å². The van der Waals surface area contributed by atoms with E-state index in [0.29, 0.717) is 6.42 Å². The minimum Gasteiger partial charge on any atom is -0.388 e. The highest BCUT2D eigenvalue weighted by atomic mass is 79.9. The SMILES string of the molecule is C=C(C)CC(O)c1cccc(Br)c1C. The van der Waals surface area contributed by atoms with Crippen molar-refractivity contribution in [3.63, 3.8) is 0 Å². The summed E-state index contributed by atoms with van der Waals surface area (Å²) >= 11 is 3.45. The number of aliphatic hydroxyl groups is 1. The third-order valence-electron chi connectivity index (χ3n) is 2.21. The standard InChI is InChI=1S/C12H15BrO/c1-8(2)7-12(14)10-5-4-6-11(13)9(10)3/h4-6,12,14H,1,7H2,2-3H3. The molecule has 0 radical (unpaired) electrons. The lowest BCUT2D eigenvalue weighted by Crippen LogP contribution is -2.00. The molecule has 1 N–H and O–H groups in total. The van der Waals surface area contributed by atoms with E-state index in [1.165, 1.54) is 0 Å². The molecule has 1 unspecified atom stereocenters. The van der Waals surface area contributed by atoms with Gasteiger partial charge in [0.05, 0.1) is 6.10 Å². The Labute approximate surface area is 93.6 Å². The largest absolute Gasteiger partial charge is 0.388 e. The van der Waals surface area contributed by atoms with Crippen molar-refractivity contribution < 1.29 is 5.11 Å². The average Bonchev–Trinajstić information content (AvgIpc) is 2.08. The molecule has 0 aliphatic heterocycles. The number of rotatable bonds is 3. The van der Waals surface area contributed by atoms with Crippen LogP contribution < -0.4 is 0 Å². The third-order valence-corrected chi connectivity index (χ3v) is 3.07. The Morgan fingerprint density at radius 3 is 2.79 bits per heavy atom. The molecule has 0 saturated heterocycles. The molecule has 1 aromatic carbocycles. The van der Waals surface area contributed by atoms with Crippen molar-refractivity contribution in [2.75, 3.05) is 0 Å². The van der Waals surface area contributed by atoms with Gasteiger partial charge in [0.1, 0.15) is 0 Å². The Morgan fingerprint density at radius 2 is 2.21 bits per heavy atom.